The minimum absolute atomic E-state index is 0.0165. The van der Waals surface area contributed by atoms with Crippen LogP contribution in [0.15, 0.2) is 39.5 Å². The summed E-state index contributed by atoms with van der Waals surface area (Å²) in [6.45, 7) is 2.66. The molecule has 0 bridgehead atoms. The molecule has 22 heavy (non-hydrogen) atoms. The highest BCUT2D eigenvalue weighted by Gasteiger charge is 2.20. The number of hydrogen-bond donors (Lipinski definition) is 1. The van der Waals surface area contributed by atoms with Gasteiger partial charge in [0.1, 0.15) is 11.1 Å². The van der Waals surface area contributed by atoms with Gasteiger partial charge in [-0.25, -0.2) is 4.79 Å². The third-order valence-electron chi connectivity index (χ3n) is 3.72. The molecule has 1 N–H and O–H groups in total. The van der Waals surface area contributed by atoms with E-state index in [-0.39, 0.29) is 11.7 Å². The molecule has 1 aromatic carbocycles. The first-order valence-corrected chi connectivity index (χ1v) is 7.25. The molecule has 1 atom stereocenters. The fourth-order valence-corrected chi connectivity index (χ4v) is 2.51. The Morgan fingerprint density at radius 2 is 2.23 bits per heavy atom. The predicted octanol–water partition coefficient (Wildman–Crippen LogP) is 0.853. The van der Waals surface area contributed by atoms with Crippen LogP contribution >= 0.6 is 0 Å². The Labute approximate surface area is 127 Å². The molecule has 1 unspecified atom stereocenters. The van der Waals surface area contributed by atoms with Gasteiger partial charge in [0.05, 0.1) is 12.7 Å². The number of morpholine rings is 1. The lowest BCUT2D eigenvalue weighted by atomic mass is 10.1. The first kappa shape index (κ1) is 14.7. The molecular formula is C16H18N2O4. The van der Waals surface area contributed by atoms with Gasteiger partial charge in [0.2, 0.25) is 0 Å². The summed E-state index contributed by atoms with van der Waals surface area (Å²) in [6, 6.07) is 8.67. The van der Waals surface area contributed by atoms with E-state index in [4.69, 9.17) is 9.15 Å². The number of ether oxygens (including phenoxy) is 1. The quantitative estimate of drug-likeness (QED) is 0.851. The van der Waals surface area contributed by atoms with Gasteiger partial charge >= 0.3 is 5.63 Å². The number of rotatable bonds is 3. The molecule has 0 saturated carbocycles. The lowest BCUT2D eigenvalue weighted by molar-refractivity contribution is -0.0175. The van der Waals surface area contributed by atoms with Gasteiger partial charge in [0.15, 0.2) is 0 Å². The van der Waals surface area contributed by atoms with E-state index in [0.29, 0.717) is 18.7 Å². The standard InChI is InChI=1S/C16H18N2O4/c1-18-6-7-21-12(10-18)9-17-15(19)13-8-11-4-2-3-5-14(11)22-16(13)20/h2-5,8,12H,6-7,9-10H2,1H3,(H,17,19). The number of amides is 1. The van der Waals surface area contributed by atoms with Gasteiger partial charge in [-0.1, -0.05) is 18.2 Å². The Balaban J connectivity index is 1.72. The number of hydrogen-bond acceptors (Lipinski definition) is 5. The number of nitrogens with zero attached hydrogens (tertiary/aromatic N) is 1. The van der Waals surface area contributed by atoms with Crippen molar-refractivity contribution in [3.63, 3.8) is 0 Å². The maximum Gasteiger partial charge on any atom is 0.349 e. The molecule has 2 heterocycles. The average Bonchev–Trinajstić information content (AvgIpc) is 2.52. The van der Waals surface area contributed by atoms with E-state index in [2.05, 4.69) is 10.2 Å². The van der Waals surface area contributed by atoms with Crippen LogP contribution in [0.3, 0.4) is 0 Å². The van der Waals surface area contributed by atoms with Crippen molar-refractivity contribution < 1.29 is 13.9 Å². The van der Waals surface area contributed by atoms with Gasteiger partial charge in [-0.15, -0.1) is 0 Å². The Morgan fingerprint density at radius 3 is 3.05 bits per heavy atom. The number of nitrogens with one attached hydrogen (secondary N) is 1. The number of carbonyl (C=O) groups is 1. The minimum Gasteiger partial charge on any atom is -0.422 e. The number of benzene rings is 1. The first-order chi connectivity index (χ1) is 10.6. The summed E-state index contributed by atoms with van der Waals surface area (Å²) >= 11 is 0. The maximum absolute atomic E-state index is 12.2. The van der Waals surface area contributed by atoms with Crippen LogP contribution < -0.4 is 10.9 Å². The minimum atomic E-state index is -0.627. The van der Waals surface area contributed by atoms with E-state index in [1.807, 2.05) is 13.1 Å². The number of likely N-dealkylation sites (N-methyl/N-ethyl adjacent to an activating group) is 1. The lowest BCUT2D eigenvalue weighted by Crippen LogP contribution is -2.46. The SMILES string of the molecule is CN1CCOC(CNC(=O)c2cc3ccccc3oc2=O)C1. The zero-order valence-corrected chi connectivity index (χ0v) is 12.4. The highest BCUT2D eigenvalue weighted by atomic mass is 16.5. The summed E-state index contributed by atoms with van der Waals surface area (Å²) in [6.07, 6.45) is -0.0600. The molecule has 1 amide bonds. The Hall–Kier alpha value is -2.18. The predicted molar refractivity (Wildman–Crippen MR) is 82.1 cm³/mol. The summed E-state index contributed by atoms with van der Waals surface area (Å²) in [5, 5.41) is 3.47. The highest BCUT2D eigenvalue weighted by Crippen LogP contribution is 2.12. The van der Waals surface area contributed by atoms with Gasteiger partial charge in [0, 0.05) is 25.0 Å². The Kier molecular flexibility index (Phi) is 4.22. The van der Waals surface area contributed by atoms with E-state index in [1.54, 1.807) is 24.3 Å². The normalized spacial score (nSPS) is 19.2. The topological polar surface area (TPSA) is 71.8 Å². The monoisotopic (exact) mass is 302 g/mol. The molecule has 116 valence electrons. The third-order valence-corrected chi connectivity index (χ3v) is 3.72. The fraction of sp³-hybridized carbons (Fsp3) is 0.375. The molecular weight excluding hydrogens is 284 g/mol. The average molecular weight is 302 g/mol. The second-order valence-electron chi connectivity index (χ2n) is 5.45. The maximum atomic E-state index is 12.2. The van der Waals surface area contributed by atoms with Crippen LogP contribution in [0.2, 0.25) is 0 Å². The summed E-state index contributed by atoms with van der Waals surface area (Å²) in [4.78, 5) is 26.2. The smallest absolute Gasteiger partial charge is 0.349 e. The van der Waals surface area contributed by atoms with Gasteiger partial charge in [0.25, 0.3) is 5.91 Å². The van der Waals surface area contributed by atoms with Gasteiger partial charge in [-0.3, -0.25) is 4.79 Å². The number of fused-ring (bicyclic) bond motifs is 1. The molecule has 2 aromatic rings. The van der Waals surface area contributed by atoms with E-state index in [0.717, 1.165) is 18.5 Å². The number of para-hydroxylation sites is 1. The molecule has 1 aliphatic rings. The second-order valence-corrected chi connectivity index (χ2v) is 5.45. The van der Waals surface area contributed by atoms with Crippen LogP contribution in [0, 0.1) is 0 Å². The zero-order chi connectivity index (χ0) is 15.5. The van der Waals surface area contributed by atoms with Crippen molar-refractivity contribution in [2.75, 3.05) is 33.3 Å². The molecule has 1 saturated heterocycles. The molecule has 6 heteroatoms. The van der Waals surface area contributed by atoms with Crippen molar-refractivity contribution in [1.82, 2.24) is 10.2 Å². The summed E-state index contributed by atoms with van der Waals surface area (Å²) < 4.78 is 10.7. The number of carbonyl (C=O) groups excluding carboxylic acids is 1. The van der Waals surface area contributed by atoms with Crippen LogP contribution in [-0.2, 0) is 4.74 Å². The molecule has 0 aliphatic carbocycles. The molecule has 1 fully saturated rings. The van der Waals surface area contributed by atoms with Crippen LogP contribution in [0.5, 0.6) is 0 Å². The van der Waals surface area contributed by atoms with E-state index in [9.17, 15) is 9.59 Å². The van der Waals surface area contributed by atoms with Crippen LogP contribution in [0.4, 0.5) is 0 Å². The molecule has 0 spiro atoms. The molecule has 3 rings (SSSR count). The van der Waals surface area contributed by atoms with Crippen LogP contribution in [0.1, 0.15) is 10.4 Å². The van der Waals surface area contributed by atoms with Crippen molar-refractivity contribution in [2.24, 2.45) is 0 Å². The van der Waals surface area contributed by atoms with Gasteiger partial charge < -0.3 is 19.4 Å². The summed E-state index contributed by atoms with van der Waals surface area (Å²) in [7, 11) is 2.01. The Bertz CT molecular complexity index is 740. The van der Waals surface area contributed by atoms with Crippen molar-refractivity contribution in [1.29, 1.82) is 0 Å². The zero-order valence-electron chi connectivity index (χ0n) is 12.4. The first-order valence-electron chi connectivity index (χ1n) is 7.25. The summed E-state index contributed by atoms with van der Waals surface area (Å²) in [5.74, 6) is -0.434. The third kappa shape index (κ3) is 3.18. The molecule has 6 nitrogen and oxygen atoms in total. The van der Waals surface area contributed by atoms with E-state index in [1.165, 1.54) is 0 Å². The van der Waals surface area contributed by atoms with Crippen molar-refractivity contribution >= 4 is 16.9 Å². The van der Waals surface area contributed by atoms with Crippen LogP contribution in [-0.4, -0.2) is 50.2 Å². The molecule has 1 aliphatic heterocycles. The summed E-state index contributed by atoms with van der Waals surface area (Å²) in [5.41, 5.74) is -0.137. The van der Waals surface area contributed by atoms with Gasteiger partial charge in [-0.2, -0.15) is 0 Å². The highest BCUT2D eigenvalue weighted by molar-refractivity contribution is 5.96. The van der Waals surface area contributed by atoms with Crippen molar-refractivity contribution in [3.05, 3.63) is 46.3 Å². The fourth-order valence-electron chi connectivity index (χ4n) is 2.51. The largest absolute Gasteiger partial charge is 0.422 e. The molecule has 0 radical (unpaired) electrons. The molecule has 1 aromatic heterocycles. The Morgan fingerprint density at radius 1 is 1.41 bits per heavy atom. The van der Waals surface area contributed by atoms with E-state index < -0.39 is 11.5 Å². The second kappa shape index (κ2) is 6.29. The van der Waals surface area contributed by atoms with Crippen LogP contribution in [0.25, 0.3) is 11.0 Å². The van der Waals surface area contributed by atoms with E-state index >= 15 is 0 Å². The van der Waals surface area contributed by atoms with Crippen molar-refractivity contribution in [2.45, 2.75) is 6.10 Å². The van der Waals surface area contributed by atoms with Crippen molar-refractivity contribution in [3.8, 4) is 0 Å². The van der Waals surface area contributed by atoms with Gasteiger partial charge in [-0.05, 0) is 19.2 Å². The lowest BCUT2D eigenvalue weighted by Gasteiger charge is -2.30.